The summed E-state index contributed by atoms with van der Waals surface area (Å²) in [5, 5.41) is 2.56. The number of ether oxygens (including phenoxy) is 1. The Labute approximate surface area is 198 Å². The van der Waals surface area contributed by atoms with E-state index in [4.69, 9.17) is 16.3 Å². The van der Waals surface area contributed by atoms with Crippen molar-refractivity contribution in [2.24, 2.45) is 0 Å². The maximum atomic E-state index is 13.7. The van der Waals surface area contributed by atoms with Crippen molar-refractivity contribution in [3.8, 4) is 5.75 Å². The van der Waals surface area contributed by atoms with E-state index in [1.54, 1.807) is 37.3 Å². The summed E-state index contributed by atoms with van der Waals surface area (Å²) in [5.74, 6) is -0.504. The number of amides is 1. The molecule has 0 radical (unpaired) electrons. The van der Waals surface area contributed by atoms with Crippen LogP contribution in [0.2, 0.25) is 5.02 Å². The van der Waals surface area contributed by atoms with Gasteiger partial charge in [0.05, 0.1) is 28.3 Å². The van der Waals surface area contributed by atoms with E-state index in [1.807, 2.05) is 19.1 Å². The minimum absolute atomic E-state index is 0.00203. The lowest BCUT2D eigenvalue weighted by Gasteiger charge is -2.25. The molecule has 33 heavy (non-hydrogen) atoms. The van der Waals surface area contributed by atoms with Gasteiger partial charge in [-0.25, -0.2) is 12.8 Å². The van der Waals surface area contributed by atoms with E-state index in [0.717, 1.165) is 15.9 Å². The molecule has 3 aromatic carbocycles. The van der Waals surface area contributed by atoms with Crippen molar-refractivity contribution in [2.75, 3.05) is 17.5 Å². The van der Waals surface area contributed by atoms with E-state index in [-0.39, 0.29) is 21.6 Å². The molecule has 0 aliphatic heterocycles. The summed E-state index contributed by atoms with van der Waals surface area (Å²) in [7, 11) is -4.12. The summed E-state index contributed by atoms with van der Waals surface area (Å²) in [6.45, 7) is 3.71. The zero-order valence-corrected chi connectivity index (χ0v) is 19.7. The van der Waals surface area contributed by atoms with Crippen molar-refractivity contribution >= 4 is 33.2 Å². The normalized spacial score (nSPS) is 12.1. The fraction of sp³-hybridized carbons (Fsp3) is 0.208. The molecule has 0 saturated carbocycles. The predicted molar refractivity (Wildman–Crippen MR) is 127 cm³/mol. The highest BCUT2D eigenvalue weighted by atomic mass is 35.5. The predicted octanol–water partition coefficient (Wildman–Crippen LogP) is 4.95. The van der Waals surface area contributed by atoms with Crippen molar-refractivity contribution in [1.82, 2.24) is 5.32 Å². The number of carbonyl (C=O) groups is 1. The fourth-order valence-electron chi connectivity index (χ4n) is 3.20. The van der Waals surface area contributed by atoms with E-state index in [9.17, 15) is 17.6 Å². The summed E-state index contributed by atoms with van der Waals surface area (Å²) in [6, 6.07) is 18.1. The van der Waals surface area contributed by atoms with Crippen LogP contribution in [-0.2, 0) is 14.8 Å². The third kappa shape index (κ3) is 6.03. The number of hydrogen-bond donors (Lipinski definition) is 1. The fourth-order valence-corrected chi connectivity index (χ4v) is 4.80. The van der Waals surface area contributed by atoms with Gasteiger partial charge in [-0.05, 0) is 61.9 Å². The van der Waals surface area contributed by atoms with Gasteiger partial charge in [0.25, 0.3) is 10.0 Å². The van der Waals surface area contributed by atoms with Gasteiger partial charge in [0.15, 0.2) is 0 Å². The summed E-state index contributed by atoms with van der Waals surface area (Å²) in [6.07, 6.45) is 0. The summed E-state index contributed by atoms with van der Waals surface area (Å²) >= 11 is 5.88. The molecule has 3 rings (SSSR count). The van der Waals surface area contributed by atoms with E-state index in [0.29, 0.717) is 12.4 Å². The molecule has 0 aliphatic carbocycles. The molecule has 174 valence electrons. The smallest absolute Gasteiger partial charge is 0.264 e. The number of anilines is 1. The lowest BCUT2D eigenvalue weighted by Crippen LogP contribution is -2.41. The largest absolute Gasteiger partial charge is 0.494 e. The first kappa shape index (κ1) is 24.5. The summed E-state index contributed by atoms with van der Waals surface area (Å²) in [5.41, 5.74) is 0.906. The third-order valence-corrected chi connectivity index (χ3v) is 6.96. The molecule has 1 N–H and O–H groups in total. The molecule has 0 saturated heterocycles. The van der Waals surface area contributed by atoms with Gasteiger partial charge >= 0.3 is 0 Å². The van der Waals surface area contributed by atoms with Crippen LogP contribution in [0.4, 0.5) is 10.1 Å². The second kappa shape index (κ2) is 10.7. The number of sulfonamides is 1. The van der Waals surface area contributed by atoms with Crippen LogP contribution in [0.1, 0.15) is 25.5 Å². The van der Waals surface area contributed by atoms with E-state index in [2.05, 4.69) is 5.32 Å². The molecular weight excluding hydrogens is 467 g/mol. The molecule has 6 nitrogen and oxygen atoms in total. The quantitative estimate of drug-likeness (QED) is 0.460. The first-order valence-electron chi connectivity index (χ1n) is 10.3. The lowest BCUT2D eigenvalue weighted by molar-refractivity contribution is -0.120. The Bertz CT molecular complexity index is 1200. The third-order valence-electron chi connectivity index (χ3n) is 4.88. The highest BCUT2D eigenvalue weighted by Crippen LogP contribution is 2.28. The van der Waals surface area contributed by atoms with Gasteiger partial charge in [-0.2, -0.15) is 0 Å². The number of halogens is 2. The molecule has 0 aliphatic rings. The molecule has 1 amide bonds. The Morgan fingerprint density at radius 1 is 1.09 bits per heavy atom. The topological polar surface area (TPSA) is 75.7 Å². The van der Waals surface area contributed by atoms with Crippen LogP contribution in [0, 0.1) is 5.82 Å². The molecule has 0 heterocycles. The second-order valence-corrected chi connectivity index (χ2v) is 9.48. The monoisotopic (exact) mass is 490 g/mol. The number of rotatable bonds is 9. The number of benzene rings is 3. The highest BCUT2D eigenvalue weighted by Gasteiger charge is 2.28. The van der Waals surface area contributed by atoms with Crippen LogP contribution in [0.25, 0.3) is 0 Å². The molecule has 0 spiro atoms. The Morgan fingerprint density at radius 3 is 2.36 bits per heavy atom. The molecule has 9 heteroatoms. The van der Waals surface area contributed by atoms with Gasteiger partial charge in [0, 0.05) is 0 Å². The van der Waals surface area contributed by atoms with Gasteiger partial charge in [-0.1, -0.05) is 41.9 Å². The zero-order valence-electron chi connectivity index (χ0n) is 18.2. The first-order valence-corrected chi connectivity index (χ1v) is 12.1. The van der Waals surface area contributed by atoms with Crippen LogP contribution in [0.3, 0.4) is 0 Å². The molecule has 0 bridgehead atoms. The molecule has 0 aromatic heterocycles. The average Bonchev–Trinajstić information content (AvgIpc) is 2.80. The molecule has 3 aromatic rings. The van der Waals surface area contributed by atoms with Crippen molar-refractivity contribution in [3.05, 3.63) is 89.2 Å². The Balaban J connectivity index is 1.85. The molecule has 0 unspecified atom stereocenters. The van der Waals surface area contributed by atoms with E-state index in [1.165, 1.54) is 24.3 Å². The molecule has 0 fully saturated rings. The highest BCUT2D eigenvalue weighted by molar-refractivity contribution is 7.92. The van der Waals surface area contributed by atoms with Crippen molar-refractivity contribution < 1.29 is 22.3 Å². The minimum atomic E-state index is -4.12. The first-order chi connectivity index (χ1) is 15.7. The maximum Gasteiger partial charge on any atom is 0.264 e. The van der Waals surface area contributed by atoms with Gasteiger partial charge in [-0.3, -0.25) is 9.10 Å². The second-order valence-electron chi connectivity index (χ2n) is 7.21. The standard InChI is InChI=1S/C24H24ClFN2O4S/c1-3-32-20-12-9-18(10-13-20)17(2)27-24(29)16-28(19-11-14-23(26)22(25)15-19)33(30,31)21-7-5-4-6-8-21/h4-15,17H,3,16H2,1-2H3,(H,27,29)/t17-/m1/s1. The van der Waals surface area contributed by atoms with Crippen LogP contribution >= 0.6 is 11.6 Å². The number of hydrogen-bond acceptors (Lipinski definition) is 4. The van der Waals surface area contributed by atoms with E-state index < -0.39 is 28.3 Å². The minimum Gasteiger partial charge on any atom is -0.494 e. The van der Waals surface area contributed by atoms with Crippen LogP contribution < -0.4 is 14.4 Å². The van der Waals surface area contributed by atoms with E-state index >= 15 is 0 Å². The van der Waals surface area contributed by atoms with Crippen LogP contribution in [0.5, 0.6) is 5.75 Å². The van der Waals surface area contributed by atoms with Crippen molar-refractivity contribution in [1.29, 1.82) is 0 Å². The maximum absolute atomic E-state index is 13.7. The Hall–Kier alpha value is -3.10. The zero-order chi connectivity index (χ0) is 24.0. The van der Waals surface area contributed by atoms with Gasteiger partial charge < -0.3 is 10.1 Å². The average molecular weight is 491 g/mol. The van der Waals surface area contributed by atoms with Crippen LogP contribution in [-0.4, -0.2) is 27.5 Å². The summed E-state index contributed by atoms with van der Waals surface area (Å²) < 4.78 is 46.7. The molecular formula is C24H24ClFN2O4S. The van der Waals surface area contributed by atoms with Gasteiger partial charge in [-0.15, -0.1) is 0 Å². The SMILES string of the molecule is CCOc1ccc([C@@H](C)NC(=O)CN(c2ccc(F)c(Cl)c2)S(=O)(=O)c2ccccc2)cc1. The Kier molecular flexibility index (Phi) is 7.94. The number of nitrogens with one attached hydrogen (secondary N) is 1. The van der Waals surface area contributed by atoms with Crippen molar-refractivity contribution in [3.63, 3.8) is 0 Å². The summed E-state index contributed by atoms with van der Waals surface area (Å²) in [4.78, 5) is 12.9. The number of nitrogens with zero attached hydrogens (tertiary/aromatic N) is 1. The Morgan fingerprint density at radius 2 is 1.76 bits per heavy atom. The van der Waals surface area contributed by atoms with Gasteiger partial charge in [0.1, 0.15) is 18.1 Å². The molecule has 1 atom stereocenters. The van der Waals surface area contributed by atoms with Crippen molar-refractivity contribution in [2.45, 2.75) is 24.8 Å². The van der Waals surface area contributed by atoms with Gasteiger partial charge in [0.2, 0.25) is 5.91 Å². The number of carbonyl (C=O) groups excluding carboxylic acids is 1. The van der Waals surface area contributed by atoms with Crippen LogP contribution in [0.15, 0.2) is 77.7 Å². The lowest BCUT2D eigenvalue weighted by atomic mass is 10.1.